The van der Waals surface area contributed by atoms with Crippen LogP contribution in [0.1, 0.15) is 48.9 Å². The average Bonchev–Trinajstić information content (AvgIpc) is 3.62. The quantitative estimate of drug-likeness (QED) is 0.351. The summed E-state index contributed by atoms with van der Waals surface area (Å²) in [7, 11) is 3.10. The number of nitrogens with one attached hydrogen (secondary N) is 2. The van der Waals surface area contributed by atoms with Gasteiger partial charge in [-0.1, -0.05) is 60.5 Å². The zero-order valence-electron chi connectivity index (χ0n) is 21.5. The van der Waals surface area contributed by atoms with Crippen LogP contribution in [0.5, 0.6) is 11.5 Å². The molecule has 38 heavy (non-hydrogen) atoms. The van der Waals surface area contributed by atoms with E-state index in [1.807, 2.05) is 54.6 Å². The molecule has 3 aromatic carbocycles. The number of amides is 2. The van der Waals surface area contributed by atoms with Crippen molar-refractivity contribution < 1.29 is 19.1 Å². The van der Waals surface area contributed by atoms with Gasteiger partial charge in [0.05, 0.1) is 19.7 Å². The predicted molar refractivity (Wildman–Crippen MR) is 143 cm³/mol. The Morgan fingerprint density at radius 2 is 1.53 bits per heavy atom. The number of aromatic nitrogens is 3. The van der Waals surface area contributed by atoms with E-state index in [-0.39, 0.29) is 17.9 Å². The largest absolute Gasteiger partial charge is 0.497 e. The Hall–Kier alpha value is -4.40. The van der Waals surface area contributed by atoms with Crippen molar-refractivity contribution in [2.24, 2.45) is 0 Å². The Labute approximate surface area is 221 Å². The first-order chi connectivity index (χ1) is 18.6. The van der Waals surface area contributed by atoms with Crippen LogP contribution in [0.3, 0.4) is 0 Å². The predicted octanol–water partition coefficient (Wildman–Crippen LogP) is 3.95. The van der Waals surface area contributed by atoms with Gasteiger partial charge in [-0.25, -0.2) is 4.68 Å². The second-order valence-electron chi connectivity index (χ2n) is 9.41. The highest BCUT2D eigenvalue weighted by Crippen LogP contribution is 2.29. The van der Waals surface area contributed by atoms with Gasteiger partial charge in [0, 0.05) is 12.1 Å². The zero-order chi connectivity index (χ0) is 26.5. The molecule has 5 rings (SSSR count). The van der Waals surface area contributed by atoms with E-state index in [1.54, 1.807) is 37.1 Å². The molecule has 0 radical (unpaired) electrons. The van der Waals surface area contributed by atoms with E-state index in [2.05, 4.69) is 20.9 Å². The summed E-state index contributed by atoms with van der Waals surface area (Å²) >= 11 is 0. The van der Waals surface area contributed by atoms with Gasteiger partial charge in [0.1, 0.15) is 23.1 Å². The summed E-state index contributed by atoms with van der Waals surface area (Å²) in [4.78, 5) is 27.7. The summed E-state index contributed by atoms with van der Waals surface area (Å²) < 4.78 is 12.5. The van der Waals surface area contributed by atoms with Crippen LogP contribution in [0.25, 0.3) is 11.0 Å². The van der Waals surface area contributed by atoms with Crippen LogP contribution in [-0.2, 0) is 9.59 Å². The molecule has 2 N–H and O–H groups in total. The van der Waals surface area contributed by atoms with Crippen molar-refractivity contribution in [2.45, 2.75) is 43.8 Å². The van der Waals surface area contributed by atoms with Crippen molar-refractivity contribution in [3.05, 3.63) is 83.9 Å². The van der Waals surface area contributed by atoms with Crippen molar-refractivity contribution in [3.63, 3.8) is 0 Å². The van der Waals surface area contributed by atoms with Gasteiger partial charge in [0.15, 0.2) is 6.04 Å². The monoisotopic (exact) mass is 513 g/mol. The van der Waals surface area contributed by atoms with Crippen molar-refractivity contribution in [2.75, 3.05) is 14.2 Å². The summed E-state index contributed by atoms with van der Waals surface area (Å²) in [5, 5.41) is 14.7. The maximum Gasteiger partial charge on any atom is 0.250 e. The first kappa shape index (κ1) is 25.3. The summed E-state index contributed by atoms with van der Waals surface area (Å²) in [6.45, 7) is 0. The number of fused-ring (bicyclic) bond motifs is 1. The molecule has 1 fully saturated rings. The summed E-state index contributed by atoms with van der Waals surface area (Å²) in [6, 6.07) is 20.3. The van der Waals surface area contributed by atoms with Gasteiger partial charge in [0.25, 0.3) is 0 Å². The van der Waals surface area contributed by atoms with E-state index in [0.717, 1.165) is 31.2 Å². The third kappa shape index (κ3) is 5.32. The lowest BCUT2D eigenvalue weighted by molar-refractivity contribution is -0.130. The molecule has 2 amide bonds. The third-order valence-corrected chi connectivity index (χ3v) is 6.94. The number of carbonyl (C=O) groups is 2. The van der Waals surface area contributed by atoms with Crippen LogP contribution in [0, 0.1) is 0 Å². The van der Waals surface area contributed by atoms with E-state index < -0.39 is 12.1 Å². The molecule has 1 aliphatic carbocycles. The number of hydrogen-bond acceptors (Lipinski definition) is 6. The summed E-state index contributed by atoms with van der Waals surface area (Å²) in [5.74, 6) is 0.374. The lowest BCUT2D eigenvalue weighted by Gasteiger charge is -2.25. The highest BCUT2D eigenvalue weighted by molar-refractivity contribution is 5.92. The van der Waals surface area contributed by atoms with E-state index in [4.69, 9.17) is 9.47 Å². The summed E-state index contributed by atoms with van der Waals surface area (Å²) in [5.41, 5.74) is 2.67. The molecule has 0 saturated heterocycles. The second kappa shape index (κ2) is 11.3. The molecular formula is C29H31N5O4. The maximum absolute atomic E-state index is 14.1. The Kier molecular flexibility index (Phi) is 7.53. The fraction of sp³-hybridized carbons (Fsp3) is 0.310. The molecule has 0 unspecified atom stereocenters. The fourth-order valence-electron chi connectivity index (χ4n) is 4.99. The van der Waals surface area contributed by atoms with Crippen LogP contribution in [0.15, 0.2) is 72.8 Å². The topological polar surface area (TPSA) is 107 Å². The highest BCUT2D eigenvalue weighted by atomic mass is 16.5. The standard InChI is InChI=1S/C29H31N5O4/c1-37-22-16-20(17-23(18-22)38-2)26(28(35)30-21-12-6-7-13-21)31-29(36)27(19-10-4-3-5-11-19)34-25-15-9-8-14-24(25)32-33-34/h3-5,8-11,14-18,21,26-27H,6-7,12-13H2,1-2H3,(H,30,35)(H,31,36)/t26-,27-/m0/s1. The Morgan fingerprint density at radius 1 is 0.868 bits per heavy atom. The molecule has 4 aromatic rings. The minimum Gasteiger partial charge on any atom is -0.497 e. The van der Waals surface area contributed by atoms with Gasteiger partial charge in [-0.2, -0.15) is 0 Å². The van der Waals surface area contributed by atoms with Crippen molar-refractivity contribution in [3.8, 4) is 11.5 Å². The van der Waals surface area contributed by atoms with Crippen molar-refractivity contribution in [1.29, 1.82) is 0 Å². The van der Waals surface area contributed by atoms with Gasteiger partial charge < -0.3 is 20.1 Å². The smallest absolute Gasteiger partial charge is 0.250 e. The Morgan fingerprint density at radius 3 is 2.21 bits per heavy atom. The number of rotatable bonds is 9. The fourth-order valence-corrected chi connectivity index (χ4v) is 4.99. The number of nitrogens with zero attached hydrogens (tertiary/aromatic N) is 3. The number of hydrogen-bond donors (Lipinski definition) is 2. The van der Waals surface area contributed by atoms with Gasteiger partial charge in [0.2, 0.25) is 11.8 Å². The van der Waals surface area contributed by atoms with Crippen LogP contribution in [0.4, 0.5) is 0 Å². The van der Waals surface area contributed by atoms with Crippen molar-refractivity contribution >= 4 is 22.8 Å². The van der Waals surface area contributed by atoms with E-state index >= 15 is 0 Å². The van der Waals surface area contributed by atoms with Gasteiger partial charge in [-0.3, -0.25) is 9.59 Å². The number of para-hydroxylation sites is 1. The summed E-state index contributed by atoms with van der Waals surface area (Å²) in [6.07, 6.45) is 3.99. The molecule has 1 aromatic heterocycles. The zero-order valence-corrected chi connectivity index (χ0v) is 21.5. The SMILES string of the molecule is COc1cc(OC)cc([C@H](NC(=O)[C@H](c2ccccc2)n2nnc3ccccc32)C(=O)NC2CCCC2)c1. The van der Waals surface area contributed by atoms with E-state index in [1.165, 1.54) is 0 Å². The first-order valence-corrected chi connectivity index (χ1v) is 12.8. The Bertz CT molecular complexity index is 1390. The molecule has 2 atom stereocenters. The number of benzene rings is 3. The minimum atomic E-state index is -0.979. The van der Waals surface area contributed by atoms with Gasteiger partial charge >= 0.3 is 0 Å². The lowest BCUT2D eigenvalue weighted by atomic mass is 10.0. The van der Waals surface area contributed by atoms with Crippen LogP contribution >= 0.6 is 0 Å². The third-order valence-electron chi connectivity index (χ3n) is 6.94. The molecule has 9 nitrogen and oxygen atoms in total. The average molecular weight is 514 g/mol. The van der Waals surface area contributed by atoms with Crippen LogP contribution < -0.4 is 20.1 Å². The van der Waals surface area contributed by atoms with Crippen LogP contribution in [-0.4, -0.2) is 47.1 Å². The first-order valence-electron chi connectivity index (χ1n) is 12.8. The molecule has 1 saturated carbocycles. The van der Waals surface area contributed by atoms with Crippen LogP contribution in [0.2, 0.25) is 0 Å². The molecule has 0 bridgehead atoms. The Balaban J connectivity index is 1.54. The molecular weight excluding hydrogens is 482 g/mol. The highest BCUT2D eigenvalue weighted by Gasteiger charge is 2.32. The second-order valence-corrected chi connectivity index (χ2v) is 9.41. The number of ether oxygens (including phenoxy) is 2. The lowest BCUT2D eigenvalue weighted by Crippen LogP contribution is -2.45. The molecule has 0 aliphatic heterocycles. The number of carbonyl (C=O) groups excluding carboxylic acids is 2. The number of methoxy groups -OCH3 is 2. The van der Waals surface area contributed by atoms with Gasteiger partial charge in [-0.05, 0) is 48.2 Å². The van der Waals surface area contributed by atoms with Gasteiger partial charge in [-0.15, -0.1) is 5.10 Å². The molecule has 1 aliphatic rings. The molecule has 9 heteroatoms. The minimum absolute atomic E-state index is 0.0820. The van der Waals surface area contributed by atoms with E-state index in [9.17, 15) is 9.59 Å². The van der Waals surface area contributed by atoms with E-state index in [0.29, 0.717) is 28.1 Å². The normalized spacial score (nSPS) is 15.1. The molecule has 0 spiro atoms. The van der Waals surface area contributed by atoms with Crippen molar-refractivity contribution in [1.82, 2.24) is 25.6 Å². The molecule has 196 valence electrons. The maximum atomic E-state index is 14.1. The molecule has 1 heterocycles.